The molecule has 2 aromatic heterocycles. The highest BCUT2D eigenvalue weighted by Crippen LogP contribution is 2.29. The molecule has 3 heterocycles. The first-order valence-corrected chi connectivity index (χ1v) is 11.8. The van der Waals surface area contributed by atoms with Gasteiger partial charge >= 0.3 is 0 Å². The van der Waals surface area contributed by atoms with Crippen LogP contribution in [0.2, 0.25) is 5.15 Å². The van der Waals surface area contributed by atoms with Gasteiger partial charge in [-0.15, -0.1) is 11.3 Å². The molecule has 29 heavy (non-hydrogen) atoms. The van der Waals surface area contributed by atoms with Gasteiger partial charge in [0, 0.05) is 30.9 Å². The number of halogens is 1. The third-order valence-electron chi connectivity index (χ3n) is 5.14. The number of piperidine rings is 1. The topological polar surface area (TPSA) is 92.3 Å². The Morgan fingerprint density at radius 2 is 2.10 bits per heavy atom. The molecule has 1 fully saturated rings. The number of benzene rings is 1. The van der Waals surface area contributed by atoms with Gasteiger partial charge in [0.1, 0.15) is 10.0 Å². The van der Waals surface area contributed by atoms with Crippen molar-refractivity contribution in [1.82, 2.24) is 14.3 Å². The van der Waals surface area contributed by atoms with Crippen LogP contribution in [0.4, 0.5) is 5.69 Å². The molecule has 1 aliphatic heterocycles. The lowest BCUT2D eigenvalue weighted by Crippen LogP contribution is -2.46. The maximum absolute atomic E-state index is 12.8. The minimum Gasteiger partial charge on any atom is -0.326 e. The number of rotatable bonds is 4. The number of hydrogen-bond donors (Lipinski definition) is 1. The lowest BCUT2D eigenvalue weighted by atomic mass is 9.87. The van der Waals surface area contributed by atoms with Gasteiger partial charge in [-0.3, -0.25) is 4.79 Å². The second kappa shape index (κ2) is 7.98. The fraction of sp³-hybridized carbons (Fsp3) is 0.316. The molecule has 1 saturated heterocycles. The lowest BCUT2D eigenvalue weighted by Gasteiger charge is -2.35. The van der Waals surface area contributed by atoms with E-state index in [1.54, 1.807) is 16.8 Å². The van der Waals surface area contributed by atoms with Gasteiger partial charge in [-0.25, -0.2) is 18.4 Å². The zero-order valence-corrected chi connectivity index (χ0v) is 18.0. The summed E-state index contributed by atoms with van der Waals surface area (Å²) in [5.41, 5.74) is 3.31. The summed E-state index contributed by atoms with van der Waals surface area (Å²) in [5.74, 6) is -0.491. The Morgan fingerprint density at radius 1 is 1.28 bits per heavy atom. The average Bonchev–Trinajstić information content (AvgIpc) is 3.16. The number of anilines is 1. The largest absolute Gasteiger partial charge is 0.326 e. The molecule has 1 aromatic carbocycles. The van der Waals surface area contributed by atoms with Crippen molar-refractivity contribution in [3.8, 4) is 0 Å². The van der Waals surface area contributed by atoms with E-state index in [4.69, 9.17) is 11.6 Å². The zero-order valence-electron chi connectivity index (χ0n) is 15.6. The van der Waals surface area contributed by atoms with Crippen molar-refractivity contribution in [3.05, 3.63) is 47.2 Å². The quantitative estimate of drug-likeness (QED) is 0.613. The van der Waals surface area contributed by atoms with E-state index in [1.165, 1.54) is 22.6 Å². The Hall–Kier alpha value is -2.07. The van der Waals surface area contributed by atoms with Gasteiger partial charge in [-0.2, -0.15) is 4.31 Å². The summed E-state index contributed by atoms with van der Waals surface area (Å²) in [4.78, 5) is 21.0. The van der Waals surface area contributed by atoms with Crippen LogP contribution in [0.3, 0.4) is 0 Å². The van der Waals surface area contributed by atoms with Gasteiger partial charge in [0.2, 0.25) is 15.9 Å². The van der Waals surface area contributed by atoms with Crippen LogP contribution in [0.15, 0.2) is 46.9 Å². The molecule has 1 aliphatic rings. The molecule has 4 rings (SSSR count). The number of fused-ring (bicyclic) bond motifs is 1. The normalized spacial score (nSPS) is 20.6. The molecule has 1 amide bonds. The van der Waals surface area contributed by atoms with E-state index in [0.29, 0.717) is 12.1 Å². The van der Waals surface area contributed by atoms with Crippen molar-refractivity contribution in [2.45, 2.75) is 18.2 Å². The van der Waals surface area contributed by atoms with Crippen molar-refractivity contribution >= 4 is 54.8 Å². The van der Waals surface area contributed by atoms with Gasteiger partial charge in [0.15, 0.2) is 0 Å². The minimum absolute atomic E-state index is 0.0997. The average molecular weight is 451 g/mol. The maximum Gasteiger partial charge on any atom is 0.244 e. The van der Waals surface area contributed by atoms with Crippen molar-refractivity contribution < 1.29 is 13.2 Å². The molecule has 152 valence electrons. The second-order valence-corrected chi connectivity index (χ2v) is 10.3. The summed E-state index contributed by atoms with van der Waals surface area (Å²) < 4.78 is 28.2. The second-order valence-electron chi connectivity index (χ2n) is 7.08. The fourth-order valence-electron chi connectivity index (χ4n) is 3.55. The summed E-state index contributed by atoms with van der Waals surface area (Å²) >= 11 is 7.30. The van der Waals surface area contributed by atoms with Gasteiger partial charge < -0.3 is 5.32 Å². The maximum atomic E-state index is 12.8. The molecule has 2 atom stereocenters. The van der Waals surface area contributed by atoms with E-state index in [1.807, 2.05) is 25.1 Å². The third kappa shape index (κ3) is 4.13. The first-order valence-electron chi connectivity index (χ1n) is 9.10. The number of amides is 1. The van der Waals surface area contributed by atoms with Gasteiger partial charge in [0.25, 0.3) is 0 Å². The Labute approximate surface area is 177 Å². The van der Waals surface area contributed by atoms with Crippen LogP contribution < -0.4 is 5.32 Å². The molecule has 0 spiro atoms. The number of hydrogen-bond acceptors (Lipinski definition) is 6. The van der Waals surface area contributed by atoms with E-state index in [0.717, 1.165) is 10.2 Å². The zero-order chi connectivity index (χ0) is 20.6. The number of aromatic nitrogens is 2. The highest BCUT2D eigenvalue weighted by atomic mass is 35.5. The molecular weight excluding hydrogens is 432 g/mol. The molecule has 0 radical (unpaired) electrons. The highest BCUT2D eigenvalue weighted by Gasteiger charge is 2.36. The van der Waals surface area contributed by atoms with Crippen LogP contribution in [-0.2, 0) is 14.8 Å². The van der Waals surface area contributed by atoms with Crippen molar-refractivity contribution in [3.63, 3.8) is 0 Å². The fourth-order valence-corrected chi connectivity index (χ4v) is 5.82. The summed E-state index contributed by atoms with van der Waals surface area (Å²) in [5, 5.41) is 3.19. The number of carbonyl (C=O) groups excluding carboxylic acids is 1. The van der Waals surface area contributed by atoms with E-state index < -0.39 is 10.0 Å². The Balaban J connectivity index is 1.44. The standard InChI is InChI=1S/C19H19ClN4O3S2/c1-12-10-24(29(26,27)14-3-5-18(20)21-9-14)7-6-15(12)19(25)23-13-2-4-17-16(8-13)22-11-28-17/h2-5,8-9,11-12,15H,6-7,10H2,1H3,(H,23,25)/t12-,15-/m0/s1. The van der Waals surface area contributed by atoms with Crippen LogP contribution in [0.1, 0.15) is 13.3 Å². The highest BCUT2D eigenvalue weighted by molar-refractivity contribution is 7.89. The molecule has 0 aliphatic carbocycles. The summed E-state index contributed by atoms with van der Waals surface area (Å²) in [6.07, 6.45) is 1.71. The van der Waals surface area contributed by atoms with Gasteiger partial charge in [-0.05, 0) is 42.7 Å². The van der Waals surface area contributed by atoms with Crippen molar-refractivity contribution in [1.29, 1.82) is 0 Å². The van der Waals surface area contributed by atoms with Crippen LogP contribution >= 0.6 is 22.9 Å². The lowest BCUT2D eigenvalue weighted by molar-refractivity contribution is -0.122. The molecule has 0 saturated carbocycles. The Morgan fingerprint density at radius 3 is 2.83 bits per heavy atom. The third-order valence-corrected chi connectivity index (χ3v) is 8.02. The molecule has 0 unspecified atom stereocenters. The van der Waals surface area contributed by atoms with E-state index in [2.05, 4.69) is 15.3 Å². The van der Waals surface area contributed by atoms with Crippen LogP contribution in [-0.4, -0.2) is 41.7 Å². The molecule has 7 nitrogen and oxygen atoms in total. The first-order chi connectivity index (χ1) is 13.8. The number of pyridine rings is 1. The van der Waals surface area contributed by atoms with E-state index in [-0.39, 0.29) is 40.9 Å². The molecule has 0 bridgehead atoms. The first kappa shape index (κ1) is 20.2. The van der Waals surface area contributed by atoms with Gasteiger partial charge in [0.05, 0.1) is 15.7 Å². The molecule has 3 aromatic rings. The predicted molar refractivity (Wildman–Crippen MR) is 114 cm³/mol. The summed E-state index contributed by atoms with van der Waals surface area (Å²) in [7, 11) is -3.66. The van der Waals surface area contributed by atoms with E-state index >= 15 is 0 Å². The SMILES string of the molecule is C[C@H]1CN(S(=O)(=O)c2ccc(Cl)nc2)CC[C@@H]1C(=O)Nc1ccc2scnc2c1. The Bertz CT molecular complexity index is 1150. The van der Waals surface area contributed by atoms with Crippen molar-refractivity contribution in [2.75, 3.05) is 18.4 Å². The predicted octanol–water partition coefficient (Wildman–Crippen LogP) is 3.63. The van der Waals surface area contributed by atoms with Crippen LogP contribution in [0.25, 0.3) is 10.2 Å². The van der Waals surface area contributed by atoms with Crippen molar-refractivity contribution in [2.24, 2.45) is 11.8 Å². The minimum atomic E-state index is -3.66. The smallest absolute Gasteiger partial charge is 0.244 e. The number of sulfonamides is 1. The summed E-state index contributed by atoms with van der Waals surface area (Å²) in [6.45, 7) is 2.45. The molecular formula is C19H19ClN4O3S2. The van der Waals surface area contributed by atoms with Crippen LogP contribution in [0.5, 0.6) is 0 Å². The monoisotopic (exact) mass is 450 g/mol. The van der Waals surface area contributed by atoms with Gasteiger partial charge in [-0.1, -0.05) is 18.5 Å². The Kier molecular flexibility index (Phi) is 5.56. The number of nitrogens with zero attached hydrogens (tertiary/aromatic N) is 3. The number of carbonyl (C=O) groups is 1. The molecule has 10 heteroatoms. The number of thiazole rings is 1. The van der Waals surface area contributed by atoms with Crippen LogP contribution in [0, 0.1) is 11.8 Å². The number of nitrogens with one attached hydrogen (secondary N) is 1. The summed E-state index contributed by atoms with van der Waals surface area (Å²) in [6, 6.07) is 8.54. The molecule has 1 N–H and O–H groups in total. The van der Waals surface area contributed by atoms with E-state index in [9.17, 15) is 13.2 Å².